The lowest BCUT2D eigenvalue weighted by molar-refractivity contribution is -0.146. The van der Waals surface area contributed by atoms with Gasteiger partial charge in [0.2, 0.25) is 0 Å². The van der Waals surface area contributed by atoms with Crippen LogP contribution in [-0.4, -0.2) is 29.8 Å². The first kappa shape index (κ1) is 27.2. The highest BCUT2D eigenvalue weighted by molar-refractivity contribution is 5.89. The standard InChI is InChI=1S/C34H30FN3O4/c1-4-41-33(39)34(19-20-34)23-17-15-22(16-18-23)24-9-5-6-10-25(24)32-30(21(2)38-42-32)37-29-14-8-13-28(36-29)26-11-7-12-27(35)31(26)40-3/h5-18H,4,19-20H2,1-3H3,(H,36,37). The van der Waals surface area contributed by atoms with Gasteiger partial charge in [0.1, 0.15) is 17.2 Å². The number of aromatic nitrogens is 2. The number of carbonyl (C=O) groups excluding carboxylic acids is 1. The number of hydrogen-bond acceptors (Lipinski definition) is 7. The zero-order chi connectivity index (χ0) is 29.3. The molecule has 1 fully saturated rings. The third-order valence-corrected chi connectivity index (χ3v) is 7.65. The van der Waals surface area contributed by atoms with E-state index in [2.05, 4.69) is 10.5 Å². The van der Waals surface area contributed by atoms with Crippen molar-refractivity contribution in [1.82, 2.24) is 10.1 Å². The maximum Gasteiger partial charge on any atom is 0.316 e. The van der Waals surface area contributed by atoms with Gasteiger partial charge >= 0.3 is 5.97 Å². The minimum absolute atomic E-state index is 0.138. The molecule has 1 aliphatic carbocycles. The first-order chi connectivity index (χ1) is 20.4. The number of para-hydroxylation sites is 1. The number of carbonyl (C=O) groups is 1. The van der Waals surface area contributed by atoms with Crippen LogP contribution in [0.2, 0.25) is 0 Å². The summed E-state index contributed by atoms with van der Waals surface area (Å²) in [6.07, 6.45) is 1.60. The number of nitrogens with zero attached hydrogens (tertiary/aromatic N) is 2. The first-order valence-corrected chi connectivity index (χ1v) is 13.9. The van der Waals surface area contributed by atoms with Crippen LogP contribution in [0, 0.1) is 12.7 Å². The van der Waals surface area contributed by atoms with E-state index in [9.17, 15) is 9.18 Å². The minimum atomic E-state index is -0.524. The molecule has 0 saturated heterocycles. The zero-order valence-corrected chi connectivity index (χ0v) is 23.6. The first-order valence-electron chi connectivity index (χ1n) is 13.9. The molecule has 0 bridgehead atoms. The van der Waals surface area contributed by atoms with Crippen molar-refractivity contribution in [2.75, 3.05) is 19.0 Å². The summed E-state index contributed by atoms with van der Waals surface area (Å²) in [6, 6.07) is 26.2. The summed E-state index contributed by atoms with van der Waals surface area (Å²) in [4.78, 5) is 17.3. The highest BCUT2D eigenvalue weighted by Gasteiger charge is 2.52. The number of hydrogen-bond donors (Lipinski definition) is 1. The topological polar surface area (TPSA) is 86.5 Å². The third-order valence-electron chi connectivity index (χ3n) is 7.65. The lowest BCUT2D eigenvalue weighted by atomic mass is 9.92. The van der Waals surface area contributed by atoms with Crippen LogP contribution in [0.25, 0.3) is 33.7 Å². The number of rotatable bonds is 9. The predicted molar refractivity (Wildman–Crippen MR) is 159 cm³/mol. The molecule has 7 nitrogen and oxygen atoms in total. The van der Waals surface area contributed by atoms with Crippen LogP contribution in [0.15, 0.2) is 89.5 Å². The lowest BCUT2D eigenvalue weighted by Gasteiger charge is -2.15. The molecule has 1 N–H and O–H groups in total. The number of halogens is 1. The Kier molecular flexibility index (Phi) is 7.20. The summed E-state index contributed by atoms with van der Waals surface area (Å²) in [5, 5.41) is 7.62. The van der Waals surface area contributed by atoms with Gasteiger partial charge in [-0.05, 0) is 67.6 Å². The lowest BCUT2D eigenvalue weighted by Crippen LogP contribution is -2.23. The molecule has 1 aliphatic rings. The highest BCUT2D eigenvalue weighted by Crippen LogP contribution is 2.50. The van der Waals surface area contributed by atoms with Crippen molar-refractivity contribution in [2.45, 2.75) is 32.1 Å². The van der Waals surface area contributed by atoms with Crippen LogP contribution in [0.1, 0.15) is 31.0 Å². The average Bonchev–Trinajstić information content (AvgIpc) is 3.76. The Labute approximate surface area is 243 Å². The number of pyridine rings is 1. The summed E-state index contributed by atoms with van der Waals surface area (Å²) in [5.74, 6) is 0.637. The molecule has 5 aromatic rings. The van der Waals surface area contributed by atoms with E-state index < -0.39 is 11.2 Å². The highest BCUT2D eigenvalue weighted by atomic mass is 19.1. The second-order valence-electron chi connectivity index (χ2n) is 10.3. The van der Waals surface area contributed by atoms with Crippen LogP contribution in [0.5, 0.6) is 5.75 Å². The number of methoxy groups -OCH3 is 1. The molecule has 2 heterocycles. The van der Waals surface area contributed by atoms with Gasteiger partial charge in [0.25, 0.3) is 0 Å². The van der Waals surface area contributed by atoms with Gasteiger partial charge in [-0.15, -0.1) is 0 Å². The average molecular weight is 564 g/mol. The molecule has 42 heavy (non-hydrogen) atoms. The van der Waals surface area contributed by atoms with Crippen molar-refractivity contribution in [1.29, 1.82) is 0 Å². The van der Waals surface area contributed by atoms with E-state index in [0.29, 0.717) is 40.8 Å². The molecular weight excluding hydrogens is 533 g/mol. The van der Waals surface area contributed by atoms with Gasteiger partial charge in [-0.1, -0.05) is 65.8 Å². The van der Waals surface area contributed by atoms with Crippen LogP contribution in [-0.2, 0) is 14.9 Å². The largest absolute Gasteiger partial charge is 0.493 e. The fourth-order valence-corrected chi connectivity index (χ4v) is 5.31. The van der Waals surface area contributed by atoms with Gasteiger partial charge in [0.15, 0.2) is 17.3 Å². The van der Waals surface area contributed by atoms with E-state index in [1.807, 2.05) is 74.5 Å². The Morgan fingerprint density at radius 1 is 0.952 bits per heavy atom. The van der Waals surface area contributed by atoms with Crippen molar-refractivity contribution >= 4 is 17.5 Å². The van der Waals surface area contributed by atoms with Gasteiger partial charge in [-0.25, -0.2) is 9.37 Å². The maximum absolute atomic E-state index is 14.4. The third kappa shape index (κ3) is 4.89. The number of aryl methyl sites for hydroxylation is 1. The van der Waals surface area contributed by atoms with E-state index in [1.54, 1.807) is 18.2 Å². The zero-order valence-electron chi connectivity index (χ0n) is 23.6. The molecule has 6 rings (SSSR count). The normalized spacial score (nSPS) is 13.4. The maximum atomic E-state index is 14.4. The van der Waals surface area contributed by atoms with Crippen molar-refractivity contribution in [3.8, 4) is 39.5 Å². The number of benzene rings is 3. The molecule has 0 spiro atoms. The number of ether oxygens (including phenoxy) is 2. The van der Waals surface area contributed by atoms with Crippen LogP contribution >= 0.6 is 0 Å². The van der Waals surface area contributed by atoms with Crippen LogP contribution in [0.3, 0.4) is 0 Å². The van der Waals surface area contributed by atoms with E-state index in [0.717, 1.165) is 35.1 Å². The molecule has 3 aromatic carbocycles. The smallest absolute Gasteiger partial charge is 0.316 e. The summed E-state index contributed by atoms with van der Waals surface area (Å²) < 4.78 is 30.8. The fourth-order valence-electron chi connectivity index (χ4n) is 5.31. The van der Waals surface area contributed by atoms with Crippen molar-refractivity contribution < 1.29 is 23.2 Å². The molecule has 1 saturated carbocycles. The summed E-state index contributed by atoms with van der Waals surface area (Å²) in [5.41, 5.74) is 5.68. The van der Waals surface area contributed by atoms with Crippen molar-refractivity contribution in [3.63, 3.8) is 0 Å². The minimum Gasteiger partial charge on any atom is -0.493 e. The molecule has 212 valence electrons. The van der Waals surface area contributed by atoms with E-state index in [4.69, 9.17) is 19.0 Å². The van der Waals surface area contributed by atoms with Crippen molar-refractivity contribution in [3.05, 3.63) is 102 Å². The number of anilines is 2. The second-order valence-corrected chi connectivity index (χ2v) is 10.3. The quantitative estimate of drug-likeness (QED) is 0.183. The molecule has 0 aliphatic heterocycles. The van der Waals surface area contributed by atoms with Gasteiger partial charge < -0.3 is 19.3 Å². The van der Waals surface area contributed by atoms with Gasteiger partial charge in [0.05, 0.1) is 24.8 Å². The van der Waals surface area contributed by atoms with E-state index in [-0.39, 0.29) is 11.7 Å². The van der Waals surface area contributed by atoms with Crippen molar-refractivity contribution in [2.24, 2.45) is 0 Å². The predicted octanol–water partition coefficient (Wildman–Crippen LogP) is 7.87. The van der Waals surface area contributed by atoms with Gasteiger partial charge in [0, 0.05) is 11.1 Å². The summed E-state index contributed by atoms with van der Waals surface area (Å²) in [7, 11) is 1.44. The summed E-state index contributed by atoms with van der Waals surface area (Å²) >= 11 is 0. The SMILES string of the molecule is CCOC(=O)C1(c2ccc(-c3ccccc3-c3onc(C)c3Nc3cccc(-c4cccc(F)c4OC)n3)cc2)CC1. The number of nitrogens with one attached hydrogen (secondary N) is 1. The molecule has 8 heteroatoms. The Balaban J connectivity index is 1.33. The fraction of sp³-hybridized carbons (Fsp3) is 0.206. The van der Waals surface area contributed by atoms with E-state index in [1.165, 1.54) is 13.2 Å². The Hall–Kier alpha value is -4.98. The Morgan fingerprint density at radius 3 is 2.38 bits per heavy atom. The van der Waals surface area contributed by atoms with Crippen LogP contribution in [0.4, 0.5) is 15.9 Å². The molecular formula is C34H30FN3O4. The second kappa shape index (κ2) is 11.1. The molecule has 0 atom stereocenters. The summed E-state index contributed by atoms with van der Waals surface area (Å²) in [6.45, 7) is 4.06. The van der Waals surface area contributed by atoms with Crippen LogP contribution < -0.4 is 10.1 Å². The monoisotopic (exact) mass is 563 g/mol. The number of esters is 1. The van der Waals surface area contributed by atoms with E-state index >= 15 is 0 Å². The van der Waals surface area contributed by atoms with Gasteiger partial charge in [-0.3, -0.25) is 4.79 Å². The molecule has 0 amide bonds. The molecule has 2 aromatic heterocycles. The molecule has 0 unspecified atom stereocenters. The molecule has 0 radical (unpaired) electrons. The Morgan fingerprint density at radius 2 is 1.67 bits per heavy atom. The Bertz CT molecular complexity index is 1760. The van der Waals surface area contributed by atoms with Gasteiger partial charge in [-0.2, -0.15) is 0 Å².